The van der Waals surface area contributed by atoms with Crippen molar-refractivity contribution in [3.8, 4) is 0 Å². The standard InChI is InChI=1S/C21H24N2O3/c1-15-12-23(13-18(15)21(25)26)14-20(24)22-19-10-6-5-9-17(19)11-16-7-3-2-4-8-16/h2-10,15,18H,11-14H2,1H3,(H,22,24)(H,25,26)/t15-,18-/m1/s1. The molecule has 1 aliphatic heterocycles. The molecule has 1 heterocycles. The van der Waals surface area contributed by atoms with Gasteiger partial charge >= 0.3 is 5.97 Å². The molecular weight excluding hydrogens is 328 g/mol. The maximum atomic E-state index is 12.5. The molecule has 0 saturated carbocycles. The van der Waals surface area contributed by atoms with Crippen LogP contribution in [0.1, 0.15) is 18.1 Å². The fraction of sp³-hybridized carbons (Fsp3) is 0.333. The van der Waals surface area contributed by atoms with Crippen LogP contribution in [0.15, 0.2) is 54.6 Å². The molecule has 0 unspecified atom stereocenters. The van der Waals surface area contributed by atoms with Gasteiger partial charge in [-0.05, 0) is 29.5 Å². The molecule has 2 N–H and O–H groups in total. The summed E-state index contributed by atoms with van der Waals surface area (Å²) in [6, 6.07) is 17.9. The van der Waals surface area contributed by atoms with Gasteiger partial charge in [0.1, 0.15) is 0 Å². The highest BCUT2D eigenvalue weighted by Gasteiger charge is 2.35. The largest absolute Gasteiger partial charge is 0.481 e. The van der Waals surface area contributed by atoms with E-state index < -0.39 is 11.9 Å². The Balaban J connectivity index is 1.62. The number of anilines is 1. The Morgan fingerprint density at radius 1 is 1.08 bits per heavy atom. The van der Waals surface area contributed by atoms with Crippen molar-refractivity contribution in [1.82, 2.24) is 4.90 Å². The summed E-state index contributed by atoms with van der Waals surface area (Å²) in [6.07, 6.45) is 0.749. The zero-order valence-corrected chi connectivity index (χ0v) is 14.9. The van der Waals surface area contributed by atoms with Gasteiger partial charge in [0, 0.05) is 18.8 Å². The number of benzene rings is 2. The summed E-state index contributed by atoms with van der Waals surface area (Å²) < 4.78 is 0. The van der Waals surface area contributed by atoms with Crippen LogP contribution in [0.5, 0.6) is 0 Å². The van der Waals surface area contributed by atoms with Gasteiger partial charge in [-0.3, -0.25) is 14.5 Å². The lowest BCUT2D eigenvalue weighted by atomic mass is 9.99. The topological polar surface area (TPSA) is 69.6 Å². The van der Waals surface area contributed by atoms with Gasteiger partial charge in [-0.15, -0.1) is 0 Å². The molecule has 3 rings (SSSR count). The van der Waals surface area contributed by atoms with E-state index in [1.165, 1.54) is 5.56 Å². The predicted octanol–water partition coefficient (Wildman–Crippen LogP) is 2.87. The van der Waals surface area contributed by atoms with Crippen LogP contribution >= 0.6 is 0 Å². The molecule has 5 heteroatoms. The Labute approximate surface area is 153 Å². The van der Waals surface area contributed by atoms with E-state index in [-0.39, 0.29) is 18.4 Å². The number of rotatable bonds is 6. The lowest BCUT2D eigenvalue weighted by Gasteiger charge is -2.16. The smallest absolute Gasteiger partial charge is 0.308 e. The maximum Gasteiger partial charge on any atom is 0.308 e. The van der Waals surface area contributed by atoms with Crippen LogP contribution in [-0.4, -0.2) is 41.5 Å². The number of aliphatic carboxylic acids is 1. The summed E-state index contributed by atoms with van der Waals surface area (Å²) in [5, 5.41) is 12.2. The Bertz CT molecular complexity index is 776. The van der Waals surface area contributed by atoms with Gasteiger partial charge in [-0.25, -0.2) is 0 Å². The van der Waals surface area contributed by atoms with E-state index in [1.807, 2.05) is 54.3 Å². The molecule has 1 aliphatic rings. The summed E-state index contributed by atoms with van der Waals surface area (Å²) in [5.41, 5.74) is 3.06. The van der Waals surface area contributed by atoms with E-state index in [0.29, 0.717) is 13.1 Å². The number of carboxylic acid groups (broad SMARTS) is 1. The van der Waals surface area contributed by atoms with E-state index in [4.69, 9.17) is 0 Å². The van der Waals surface area contributed by atoms with Crippen molar-refractivity contribution in [2.45, 2.75) is 13.3 Å². The third kappa shape index (κ3) is 4.49. The van der Waals surface area contributed by atoms with E-state index in [9.17, 15) is 14.7 Å². The normalized spacial score (nSPS) is 20.0. The van der Waals surface area contributed by atoms with Crippen LogP contribution in [0.2, 0.25) is 0 Å². The van der Waals surface area contributed by atoms with Gasteiger partial charge in [0.2, 0.25) is 5.91 Å². The highest BCUT2D eigenvalue weighted by Crippen LogP contribution is 2.23. The second-order valence-corrected chi connectivity index (χ2v) is 6.98. The Kier molecular flexibility index (Phi) is 5.68. The molecule has 2 atom stereocenters. The first-order valence-electron chi connectivity index (χ1n) is 8.90. The van der Waals surface area contributed by atoms with Crippen molar-refractivity contribution in [1.29, 1.82) is 0 Å². The first-order chi connectivity index (χ1) is 12.5. The number of nitrogens with one attached hydrogen (secondary N) is 1. The second-order valence-electron chi connectivity index (χ2n) is 6.98. The van der Waals surface area contributed by atoms with Crippen LogP contribution in [-0.2, 0) is 16.0 Å². The summed E-state index contributed by atoms with van der Waals surface area (Å²) in [4.78, 5) is 25.6. The highest BCUT2D eigenvalue weighted by atomic mass is 16.4. The van der Waals surface area contributed by atoms with Crippen molar-refractivity contribution in [3.05, 3.63) is 65.7 Å². The van der Waals surface area contributed by atoms with Gasteiger partial charge in [-0.1, -0.05) is 55.5 Å². The van der Waals surface area contributed by atoms with Gasteiger partial charge in [0.25, 0.3) is 0 Å². The molecule has 1 saturated heterocycles. The molecule has 0 bridgehead atoms. The van der Waals surface area contributed by atoms with Crippen molar-refractivity contribution in [3.63, 3.8) is 0 Å². The third-order valence-electron chi connectivity index (χ3n) is 4.90. The van der Waals surface area contributed by atoms with Crippen LogP contribution in [0.3, 0.4) is 0 Å². The van der Waals surface area contributed by atoms with Crippen LogP contribution < -0.4 is 5.32 Å². The number of para-hydroxylation sites is 1. The van der Waals surface area contributed by atoms with Crippen molar-refractivity contribution in [2.75, 3.05) is 25.0 Å². The number of carboxylic acids is 1. The minimum Gasteiger partial charge on any atom is -0.481 e. The summed E-state index contributed by atoms with van der Waals surface area (Å²) >= 11 is 0. The Hall–Kier alpha value is -2.66. The maximum absolute atomic E-state index is 12.5. The molecule has 0 aliphatic carbocycles. The van der Waals surface area contributed by atoms with Gasteiger partial charge < -0.3 is 10.4 Å². The molecule has 0 aromatic heterocycles. The molecule has 1 fully saturated rings. The van der Waals surface area contributed by atoms with E-state index >= 15 is 0 Å². The quantitative estimate of drug-likeness (QED) is 0.839. The van der Waals surface area contributed by atoms with Crippen LogP contribution in [0.4, 0.5) is 5.69 Å². The molecule has 0 radical (unpaired) electrons. The first-order valence-corrected chi connectivity index (χ1v) is 8.90. The van der Waals surface area contributed by atoms with Gasteiger partial charge in [0.05, 0.1) is 12.5 Å². The van der Waals surface area contributed by atoms with Crippen LogP contribution in [0.25, 0.3) is 0 Å². The minimum absolute atomic E-state index is 0.0608. The summed E-state index contributed by atoms with van der Waals surface area (Å²) in [6.45, 7) is 3.20. The van der Waals surface area contributed by atoms with E-state index in [2.05, 4.69) is 17.4 Å². The molecule has 136 valence electrons. The van der Waals surface area contributed by atoms with Crippen molar-refractivity contribution >= 4 is 17.6 Å². The number of hydrogen-bond donors (Lipinski definition) is 2. The number of carbonyl (C=O) groups excluding carboxylic acids is 1. The highest BCUT2D eigenvalue weighted by molar-refractivity contribution is 5.93. The molecular formula is C21H24N2O3. The fourth-order valence-corrected chi connectivity index (χ4v) is 3.52. The monoisotopic (exact) mass is 352 g/mol. The zero-order valence-electron chi connectivity index (χ0n) is 14.9. The molecule has 5 nitrogen and oxygen atoms in total. The average Bonchev–Trinajstić information content (AvgIpc) is 2.98. The number of nitrogens with zero attached hydrogens (tertiary/aromatic N) is 1. The summed E-state index contributed by atoms with van der Waals surface area (Å²) in [5.74, 6) is -1.23. The molecule has 2 aromatic rings. The SMILES string of the molecule is C[C@@H]1CN(CC(=O)Nc2ccccc2Cc2ccccc2)C[C@H]1C(=O)O. The average molecular weight is 352 g/mol. The molecule has 0 spiro atoms. The third-order valence-corrected chi connectivity index (χ3v) is 4.90. The fourth-order valence-electron chi connectivity index (χ4n) is 3.52. The first kappa shape index (κ1) is 18.1. The lowest BCUT2D eigenvalue weighted by molar-refractivity contribution is -0.142. The van der Waals surface area contributed by atoms with Crippen molar-refractivity contribution in [2.24, 2.45) is 11.8 Å². The molecule has 2 aromatic carbocycles. The lowest BCUT2D eigenvalue weighted by Crippen LogP contribution is -2.32. The molecule has 26 heavy (non-hydrogen) atoms. The Morgan fingerprint density at radius 3 is 2.46 bits per heavy atom. The van der Waals surface area contributed by atoms with Crippen molar-refractivity contribution < 1.29 is 14.7 Å². The van der Waals surface area contributed by atoms with E-state index in [0.717, 1.165) is 17.7 Å². The van der Waals surface area contributed by atoms with Gasteiger partial charge in [-0.2, -0.15) is 0 Å². The number of likely N-dealkylation sites (tertiary alicyclic amines) is 1. The zero-order chi connectivity index (χ0) is 18.5. The Morgan fingerprint density at radius 2 is 1.77 bits per heavy atom. The predicted molar refractivity (Wildman–Crippen MR) is 101 cm³/mol. The number of carbonyl (C=O) groups is 2. The van der Waals surface area contributed by atoms with Gasteiger partial charge in [0.15, 0.2) is 0 Å². The minimum atomic E-state index is -0.784. The van der Waals surface area contributed by atoms with Crippen LogP contribution in [0, 0.1) is 11.8 Å². The van der Waals surface area contributed by atoms with E-state index in [1.54, 1.807) is 0 Å². The number of amides is 1. The second kappa shape index (κ2) is 8.15. The number of hydrogen-bond acceptors (Lipinski definition) is 3. The summed E-state index contributed by atoms with van der Waals surface area (Å²) in [7, 11) is 0. The molecule has 1 amide bonds.